The van der Waals surface area contributed by atoms with E-state index < -0.39 is 0 Å². The summed E-state index contributed by atoms with van der Waals surface area (Å²) in [6.45, 7) is 0.533. The summed E-state index contributed by atoms with van der Waals surface area (Å²) in [6.07, 6.45) is 0. The highest BCUT2D eigenvalue weighted by atomic mass is 16.5. The highest BCUT2D eigenvalue weighted by molar-refractivity contribution is 6.15. The van der Waals surface area contributed by atoms with Crippen LogP contribution in [0.2, 0.25) is 0 Å². The zero-order valence-electron chi connectivity index (χ0n) is 14.3. The number of ether oxygens (including phenoxy) is 2. The minimum Gasteiger partial charge on any atom is -0.497 e. The van der Waals surface area contributed by atoms with E-state index in [-0.39, 0.29) is 0 Å². The highest BCUT2D eigenvalue weighted by Gasteiger charge is 2.14. The van der Waals surface area contributed by atoms with Gasteiger partial charge in [-0.15, -0.1) is 0 Å². The van der Waals surface area contributed by atoms with E-state index in [1.807, 2.05) is 66.7 Å². The molecule has 0 atom stereocenters. The molecule has 0 amide bonds. The van der Waals surface area contributed by atoms with Gasteiger partial charge in [0.25, 0.3) is 0 Å². The van der Waals surface area contributed by atoms with Crippen LogP contribution in [0.3, 0.4) is 0 Å². The van der Waals surface area contributed by atoms with Gasteiger partial charge in [-0.2, -0.15) is 0 Å². The smallest absolute Gasteiger partial charge is 0.161 e. The maximum Gasteiger partial charge on any atom is 0.161 e. The summed E-state index contributed by atoms with van der Waals surface area (Å²) in [5.41, 5.74) is 4.82. The first-order valence-corrected chi connectivity index (χ1v) is 8.50. The topological polar surface area (TPSA) is 47.4 Å². The third-order valence-corrected chi connectivity index (χ3v) is 4.64. The number of methoxy groups -OCH3 is 1. The lowest BCUT2D eigenvalue weighted by Crippen LogP contribution is -1.94. The zero-order valence-corrected chi connectivity index (χ0v) is 14.3. The number of H-pyrrole nitrogens is 1. The molecule has 0 radical (unpaired) electrons. The largest absolute Gasteiger partial charge is 0.497 e. The fraction of sp³-hybridized carbons (Fsp3) is 0.0909. The Balaban J connectivity index is 1.55. The molecule has 0 fully saturated rings. The van der Waals surface area contributed by atoms with Gasteiger partial charge in [-0.1, -0.05) is 30.3 Å². The predicted molar refractivity (Wildman–Crippen MR) is 103 cm³/mol. The summed E-state index contributed by atoms with van der Waals surface area (Å²) in [4.78, 5) is 3.44. The number of hydrogen-bond donors (Lipinski definition) is 1. The van der Waals surface area contributed by atoms with E-state index in [1.165, 1.54) is 0 Å². The Labute approximate surface area is 149 Å². The number of rotatable bonds is 4. The van der Waals surface area contributed by atoms with Crippen LogP contribution in [0, 0.1) is 0 Å². The molecular formula is C22H17NO3. The van der Waals surface area contributed by atoms with Crippen LogP contribution in [0.5, 0.6) is 11.5 Å². The Morgan fingerprint density at radius 2 is 1.73 bits per heavy atom. The summed E-state index contributed by atoms with van der Waals surface area (Å²) >= 11 is 0. The molecule has 128 valence electrons. The van der Waals surface area contributed by atoms with Crippen molar-refractivity contribution >= 4 is 33.0 Å². The van der Waals surface area contributed by atoms with Gasteiger partial charge >= 0.3 is 0 Å². The monoisotopic (exact) mass is 343 g/mol. The molecule has 0 saturated carbocycles. The van der Waals surface area contributed by atoms with Gasteiger partial charge in [-0.05, 0) is 35.9 Å². The Morgan fingerprint density at radius 1 is 0.885 bits per heavy atom. The van der Waals surface area contributed by atoms with Gasteiger partial charge in [0.1, 0.15) is 23.7 Å². The van der Waals surface area contributed by atoms with E-state index in [2.05, 4.69) is 4.98 Å². The van der Waals surface area contributed by atoms with Gasteiger partial charge in [0.2, 0.25) is 0 Å². The molecule has 5 aromatic rings. The van der Waals surface area contributed by atoms with Gasteiger partial charge in [-0.25, -0.2) is 0 Å². The van der Waals surface area contributed by atoms with Crippen LogP contribution in [-0.2, 0) is 6.61 Å². The Hall–Kier alpha value is -3.40. The highest BCUT2D eigenvalue weighted by Crippen LogP contribution is 2.36. The van der Waals surface area contributed by atoms with Crippen molar-refractivity contribution in [3.8, 4) is 11.5 Å². The number of furan rings is 1. The maximum absolute atomic E-state index is 6.13. The molecule has 26 heavy (non-hydrogen) atoms. The van der Waals surface area contributed by atoms with Gasteiger partial charge in [0.15, 0.2) is 5.58 Å². The predicted octanol–water partition coefficient (Wildman–Crippen LogP) is 5.65. The average Bonchev–Trinajstić information content (AvgIpc) is 3.22. The number of benzene rings is 3. The summed E-state index contributed by atoms with van der Waals surface area (Å²) in [5, 5.41) is 2.06. The third-order valence-electron chi connectivity index (χ3n) is 4.64. The van der Waals surface area contributed by atoms with E-state index in [9.17, 15) is 0 Å². The molecular weight excluding hydrogens is 326 g/mol. The van der Waals surface area contributed by atoms with Crippen molar-refractivity contribution in [2.24, 2.45) is 0 Å². The minimum absolute atomic E-state index is 0.533. The zero-order chi connectivity index (χ0) is 17.5. The number of hydrogen-bond acceptors (Lipinski definition) is 3. The lowest BCUT2D eigenvalue weighted by Gasteiger charge is -2.05. The van der Waals surface area contributed by atoms with E-state index in [0.717, 1.165) is 50.0 Å². The molecule has 3 aromatic carbocycles. The van der Waals surface area contributed by atoms with Crippen LogP contribution in [-0.4, -0.2) is 12.1 Å². The molecule has 4 heteroatoms. The fourth-order valence-electron chi connectivity index (χ4n) is 3.30. The number of fused-ring (bicyclic) bond motifs is 5. The molecule has 0 aliphatic rings. The molecule has 0 saturated heterocycles. The number of aromatic amines is 1. The fourth-order valence-corrected chi connectivity index (χ4v) is 3.30. The maximum atomic E-state index is 6.13. The molecule has 0 spiro atoms. The van der Waals surface area contributed by atoms with Crippen LogP contribution in [0.25, 0.3) is 33.0 Å². The molecule has 0 aliphatic heterocycles. The first-order chi connectivity index (χ1) is 12.8. The second kappa shape index (κ2) is 5.85. The van der Waals surface area contributed by atoms with Gasteiger partial charge < -0.3 is 18.9 Å². The number of aromatic nitrogens is 1. The molecule has 1 N–H and O–H groups in total. The Bertz CT molecular complexity index is 1220. The van der Waals surface area contributed by atoms with Gasteiger partial charge in [0.05, 0.1) is 12.6 Å². The molecule has 5 rings (SSSR count). The normalized spacial score (nSPS) is 11.4. The quantitative estimate of drug-likeness (QED) is 0.458. The summed E-state index contributed by atoms with van der Waals surface area (Å²) in [7, 11) is 1.67. The van der Waals surface area contributed by atoms with E-state index in [4.69, 9.17) is 13.9 Å². The van der Waals surface area contributed by atoms with Crippen molar-refractivity contribution in [2.45, 2.75) is 6.61 Å². The molecule has 4 nitrogen and oxygen atoms in total. The average molecular weight is 343 g/mol. The van der Waals surface area contributed by atoms with Crippen molar-refractivity contribution < 1.29 is 13.9 Å². The SMILES string of the molecule is COc1ccc2[nH]c3c4ccc(OCc5ccccc5)cc4oc3c2c1. The van der Waals surface area contributed by atoms with Gasteiger partial charge in [-0.3, -0.25) is 0 Å². The Morgan fingerprint density at radius 3 is 2.58 bits per heavy atom. The van der Waals surface area contributed by atoms with Crippen LogP contribution in [0.1, 0.15) is 5.56 Å². The Kier molecular flexibility index (Phi) is 3.35. The first kappa shape index (κ1) is 14.9. The first-order valence-electron chi connectivity index (χ1n) is 8.50. The number of nitrogens with one attached hydrogen (secondary N) is 1. The molecule has 0 bridgehead atoms. The van der Waals surface area contributed by atoms with E-state index in [0.29, 0.717) is 6.61 Å². The minimum atomic E-state index is 0.533. The van der Waals surface area contributed by atoms with Gasteiger partial charge in [0, 0.05) is 22.4 Å². The van der Waals surface area contributed by atoms with Crippen molar-refractivity contribution in [3.63, 3.8) is 0 Å². The van der Waals surface area contributed by atoms with Crippen LogP contribution >= 0.6 is 0 Å². The van der Waals surface area contributed by atoms with Crippen molar-refractivity contribution in [3.05, 3.63) is 72.3 Å². The molecule has 0 aliphatic carbocycles. The second-order valence-corrected chi connectivity index (χ2v) is 6.27. The van der Waals surface area contributed by atoms with Crippen molar-refractivity contribution in [2.75, 3.05) is 7.11 Å². The lowest BCUT2D eigenvalue weighted by atomic mass is 10.2. The standard InChI is InChI=1S/C22H17NO3/c1-24-15-8-10-19-18(11-15)22-21(23-19)17-9-7-16(12-20(17)26-22)25-13-14-5-3-2-4-6-14/h2-12,23H,13H2,1H3. The summed E-state index contributed by atoms with van der Waals surface area (Å²) < 4.78 is 17.4. The second-order valence-electron chi connectivity index (χ2n) is 6.27. The van der Waals surface area contributed by atoms with E-state index in [1.54, 1.807) is 7.11 Å². The van der Waals surface area contributed by atoms with Crippen LogP contribution < -0.4 is 9.47 Å². The van der Waals surface area contributed by atoms with Crippen LogP contribution in [0.15, 0.2) is 71.1 Å². The van der Waals surface area contributed by atoms with Crippen molar-refractivity contribution in [1.29, 1.82) is 0 Å². The summed E-state index contributed by atoms with van der Waals surface area (Å²) in [6, 6.07) is 22.0. The van der Waals surface area contributed by atoms with Crippen LogP contribution in [0.4, 0.5) is 0 Å². The molecule has 2 heterocycles. The summed E-state index contributed by atoms with van der Waals surface area (Å²) in [5.74, 6) is 1.60. The van der Waals surface area contributed by atoms with Crippen molar-refractivity contribution in [1.82, 2.24) is 4.98 Å². The third kappa shape index (κ3) is 2.39. The van der Waals surface area contributed by atoms with E-state index >= 15 is 0 Å². The molecule has 2 aromatic heterocycles. The molecule has 0 unspecified atom stereocenters. The lowest BCUT2D eigenvalue weighted by molar-refractivity contribution is 0.306.